The maximum atomic E-state index is 6.04. The zero-order valence-corrected chi connectivity index (χ0v) is 11.3. The summed E-state index contributed by atoms with van der Waals surface area (Å²) in [4.78, 5) is 4.57. The van der Waals surface area contributed by atoms with E-state index in [2.05, 4.69) is 16.4 Å². The van der Waals surface area contributed by atoms with Gasteiger partial charge in [-0.25, -0.2) is 4.99 Å². The molecule has 0 radical (unpaired) electrons. The molecule has 2 aliphatic rings. The Kier molecular flexibility index (Phi) is 3.69. The molecule has 102 valence electrons. The van der Waals surface area contributed by atoms with E-state index in [9.17, 15) is 0 Å². The molecule has 2 atom stereocenters. The van der Waals surface area contributed by atoms with Crippen LogP contribution in [0.4, 0.5) is 0 Å². The van der Waals surface area contributed by atoms with Crippen LogP contribution >= 0.6 is 0 Å². The number of benzene rings is 1. The van der Waals surface area contributed by atoms with Crippen molar-refractivity contribution >= 4 is 5.90 Å². The summed E-state index contributed by atoms with van der Waals surface area (Å²) in [5.41, 5.74) is 1.08. The molecule has 0 amide bonds. The topological polar surface area (TPSA) is 42.8 Å². The minimum atomic E-state index is -0.00474. The fraction of sp³-hybridized carbons (Fsp3) is 0.533. The molecular formula is C15H20N2O2. The van der Waals surface area contributed by atoms with E-state index < -0.39 is 0 Å². The van der Waals surface area contributed by atoms with Crippen molar-refractivity contribution in [1.82, 2.24) is 5.32 Å². The van der Waals surface area contributed by atoms with Crippen molar-refractivity contribution in [2.24, 2.45) is 4.99 Å². The first-order valence-corrected chi connectivity index (χ1v) is 6.96. The highest BCUT2D eigenvalue weighted by atomic mass is 16.5. The molecule has 0 bridgehead atoms. The standard InChI is InChI=1S/C15H20N2O2/c1-18-13-8-3-2-6-11(13)14-10-17-15(19-14)12-7-4-5-9-16-12/h2-3,6,8,12,14,16H,4-5,7,9-10H2,1H3. The van der Waals surface area contributed by atoms with Crippen LogP contribution in [-0.4, -0.2) is 32.1 Å². The predicted molar refractivity (Wildman–Crippen MR) is 74.8 cm³/mol. The molecular weight excluding hydrogens is 240 g/mol. The van der Waals surface area contributed by atoms with E-state index in [1.807, 2.05) is 18.2 Å². The first-order chi connectivity index (χ1) is 9.38. The Morgan fingerprint density at radius 3 is 3.00 bits per heavy atom. The third-order valence-corrected chi connectivity index (χ3v) is 3.77. The van der Waals surface area contributed by atoms with Gasteiger partial charge in [-0.15, -0.1) is 0 Å². The summed E-state index contributed by atoms with van der Waals surface area (Å²) in [6, 6.07) is 8.31. The van der Waals surface area contributed by atoms with Gasteiger partial charge in [-0.3, -0.25) is 0 Å². The van der Waals surface area contributed by atoms with Crippen molar-refractivity contribution in [3.05, 3.63) is 29.8 Å². The van der Waals surface area contributed by atoms with Crippen LogP contribution in [0.3, 0.4) is 0 Å². The number of ether oxygens (including phenoxy) is 2. The average molecular weight is 260 g/mol. The van der Waals surface area contributed by atoms with Crippen LogP contribution in [0.1, 0.15) is 30.9 Å². The first kappa shape index (κ1) is 12.5. The second-order valence-corrected chi connectivity index (χ2v) is 5.03. The molecule has 0 aliphatic carbocycles. The molecule has 1 aromatic rings. The third-order valence-electron chi connectivity index (χ3n) is 3.77. The molecule has 4 heteroatoms. The van der Waals surface area contributed by atoms with Gasteiger partial charge in [0, 0.05) is 5.56 Å². The first-order valence-electron chi connectivity index (χ1n) is 6.96. The van der Waals surface area contributed by atoms with Crippen molar-refractivity contribution in [3.63, 3.8) is 0 Å². The van der Waals surface area contributed by atoms with Crippen LogP contribution < -0.4 is 10.1 Å². The monoisotopic (exact) mass is 260 g/mol. The summed E-state index contributed by atoms with van der Waals surface area (Å²) >= 11 is 0. The maximum absolute atomic E-state index is 6.04. The zero-order chi connectivity index (χ0) is 13.1. The smallest absolute Gasteiger partial charge is 0.201 e. The van der Waals surface area contributed by atoms with Gasteiger partial charge < -0.3 is 14.8 Å². The van der Waals surface area contributed by atoms with Crippen molar-refractivity contribution in [3.8, 4) is 5.75 Å². The Bertz CT molecular complexity index is 467. The van der Waals surface area contributed by atoms with Crippen molar-refractivity contribution in [1.29, 1.82) is 0 Å². The van der Waals surface area contributed by atoms with Gasteiger partial charge in [-0.1, -0.05) is 24.6 Å². The lowest BCUT2D eigenvalue weighted by atomic mass is 10.1. The third kappa shape index (κ3) is 2.59. The fourth-order valence-electron chi connectivity index (χ4n) is 2.74. The van der Waals surface area contributed by atoms with E-state index >= 15 is 0 Å². The molecule has 2 heterocycles. The summed E-state index contributed by atoms with van der Waals surface area (Å²) in [5, 5.41) is 3.47. The van der Waals surface area contributed by atoms with E-state index in [4.69, 9.17) is 9.47 Å². The number of aliphatic imine (C=N–C) groups is 1. The number of nitrogens with zero attached hydrogens (tertiary/aromatic N) is 1. The molecule has 1 N–H and O–H groups in total. The van der Waals surface area contributed by atoms with Crippen LogP contribution in [0.15, 0.2) is 29.3 Å². The normalized spacial score (nSPS) is 26.7. The van der Waals surface area contributed by atoms with Gasteiger partial charge in [0.05, 0.1) is 19.7 Å². The number of methoxy groups -OCH3 is 1. The lowest BCUT2D eigenvalue weighted by molar-refractivity contribution is 0.208. The van der Waals surface area contributed by atoms with Crippen LogP contribution in [0.5, 0.6) is 5.75 Å². The van der Waals surface area contributed by atoms with E-state index in [1.165, 1.54) is 12.8 Å². The Hall–Kier alpha value is -1.55. The maximum Gasteiger partial charge on any atom is 0.201 e. The SMILES string of the molecule is COc1ccccc1C1CN=C(C2CCCCN2)O1. The number of hydrogen-bond donors (Lipinski definition) is 1. The van der Waals surface area contributed by atoms with Crippen molar-refractivity contribution < 1.29 is 9.47 Å². The average Bonchev–Trinajstić information content (AvgIpc) is 2.98. The minimum Gasteiger partial charge on any atom is -0.496 e. The number of para-hydroxylation sites is 1. The van der Waals surface area contributed by atoms with Crippen LogP contribution in [-0.2, 0) is 4.74 Å². The minimum absolute atomic E-state index is 0.00474. The van der Waals surface area contributed by atoms with Gasteiger partial charge >= 0.3 is 0 Å². The molecule has 0 spiro atoms. The molecule has 2 unspecified atom stereocenters. The van der Waals surface area contributed by atoms with E-state index in [0.717, 1.165) is 30.2 Å². The van der Waals surface area contributed by atoms with Gasteiger partial charge in [0.2, 0.25) is 5.90 Å². The van der Waals surface area contributed by atoms with Crippen molar-refractivity contribution in [2.45, 2.75) is 31.4 Å². The summed E-state index contributed by atoms with van der Waals surface area (Å²) < 4.78 is 11.4. The molecule has 1 aromatic carbocycles. The van der Waals surface area contributed by atoms with Gasteiger partial charge in [0.1, 0.15) is 11.9 Å². The summed E-state index contributed by atoms with van der Waals surface area (Å²) in [5.74, 6) is 1.75. The van der Waals surface area contributed by atoms with E-state index in [-0.39, 0.29) is 6.10 Å². The zero-order valence-electron chi connectivity index (χ0n) is 11.3. The largest absolute Gasteiger partial charge is 0.496 e. The molecule has 1 fully saturated rings. The van der Waals surface area contributed by atoms with Gasteiger partial charge in [0.15, 0.2) is 0 Å². The number of rotatable bonds is 3. The lowest BCUT2D eigenvalue weighted by Gasteiger charge is -2.24. The number of hydrogen-bond acceptors (Lipinski definition) is 4. The second-order valence-electron chi connectivity index (χ2n) is 5.03. The highest BCUT2D eigenvalue weighted by molar-refractivity contribution is 5.83. The van der Waals surface area contributed by atoms with E-state index in [0.29, 0.717) is 12.6 Å². The summed E-state index contributed by atoms with van der Waals surface area (Å²) in [7, 11) is 1.69. The Balaban J connectivity index is 1.70. The molecule has 4 nitrogen and oxygen atoms in total. The predicted octanol–water partition coefficient (Wildman–Crippen LogP) is 2.31. The van der Waals surface area contributed by atoms with Crippen LogP contribution in [0, 0.1) is 0 Å². The molecule has 1 saturated heterocycles. The van der Waals surface area contributed by atoms with Crippen LogP contribution in [0.25, 0.3) is 0 Å². The number of piperidine rings is 1. The molecule has 0 saturated carbocycles. The summed E-state index contributed by atoms with van der Waals surface area (Å²) in [6.07, 6.45) is 3.62. The lowest BCUT2D eigenvalue weighted by Crippen LogP contribution is -2.40. The molecule has 2 aliphatic heterocycles. The molecule has 0 aromatic heterocycles. The Labute approximate surface area is 113 Å². The number of nitrogens with one attached hydrogen (secondary N) is 1. The van der Waals surface area contributed by atoms with E-state index in [1.54, 1.807) is 7.11 Å². The van der Waals surface area contributed by atoms with Gasteiger partial charge in [0.25, 0.3) is 0 Å². The Morgan fingerprint density at radius 1 is 1.32 bits per heavy atom. The highest BCUT2D eigenvalue weighted by Crippen LogP contribution is 2.31. The highest BCUT2D eigenvalue weighted by Gasteiger charge is 2.29. The molecule has 3 rings (SSSR count). The second kappa shape index (κ2) is 5.61. The quantitative estimate of drug-likeness (QED) is 0.907. The van der Waals surface area contributed by atoms with Gasteiger partial charge in [-0.05, 0) is 25.5 Å². The molecule has 19 heavy (non-hydrogen) atoms. The summed E-state index contributed by atoms with van der Waals surface area (Å²) in [6.45, 7) is 1.75. The van der Waals surface area contributed by atoms with Crippen LogP contribution in [0.2, 0.25) is 0 Å². The Morgan fingerprint density at radius 2 is 2.21 bits per heavy atom. The fourth-order valence-corrected chi connectivity index (χ4v) is 2.74. The van der Waals surface area contributed by atoms with Crippen molar-refractivity contribution in [2.75, 3.05) is 20.2 Å². The van der Waals surface area contributed by atoms with Gasteiger partial charge in [-0.2, -0.15) is 0 Å².